The fraction of sp³-hybridized carbons (Fsp3) is 0.250. The first-order valence-corrected chi connectivity index (χ1v) is 6.57. The zero-order valence-corrected chi connectivity index (χ0v) is 11.7. The molecule has 0 aliphatic heterocycles. The number of aromatic nitrogens is 2. The lowest BCUT2D eigenvalue weighted by atomic mass is 10.2. The average Bonchev–Trinajstić information content (AvgIpc) is 2.89. The van der Waals surface area contributed by atoms with Crippen LogP contribution >= 0.6 is 15.9 Å². The minimum Gasteiger partial charge on any atom is -0.311 e. The Balaban J connectivity index is 1.90. The van der Waals surface area contributed by atoms with Crippen LogP contribution in [0.1, 0.15) is 5.56 Å². The molecular formula is C12H13BrN4O2. The monoisotopic (exact) mass is 324 g/mol. The summed E-state index contributed by atoms with van der Waals surface area (Å²) in [6.45, 7) is 1.90. The highest BCUT2D eigenvalue weighted by molar-refractivity contribution is 9.10. The van der Waals surface area contributed by atoms with Crippen molar-refractivity contribution in [1.29, 1.82) is 0 Å². The van der Waals surface area contributed by atoms with Gasteiger partial charge in [-0.3, -0.25) is 14.8 Å². The van der Waals surface area contributed by atoms with Crippen molar-refractivity contribution in [2.24, 2.45) is 0 Å². The number of hydrogen-bond donors (Lipinski definition) is 1. The molecule has 0 amide bonds. The van der Waals surface area contributed by atoms with E-state index in [0.29, 0.717) is 23.1 Å². The van der Waals surface area contributed by atoms with E-state index in [0.717, 1.165) is 6.54 Å². The van der Waals surface area contributed by atoms with Crippen LogP contribution in [0.5, 0.6) is 0 Å². The van der Waals surface area contributed by atoms with Gasteiger partial charge in [-0.2, -0.15) is 5.10 Å². The lowest BCUT2D eigenvalue weighted by molar-refractivity contribution is -0.385. The molecule has 0 aliphatic rings. The molecule has 0 aliphatic carbocycles. The maximum atomic E-state index is 10.9. The molecule has 2 aromatic rings. The van der Waals surface area contributed by atoms with E-state index in [-0.39, 0.29) is 10.6 Å². The highest BCUT2D eigenvalue weighted by Crippen LogP contribution is 2.23. The van der Waals surface area contributed by atoms with Crippen molar-refractivity contribution in [2.75, 3.05) is 6.54 Å². The Labute approximate surface area is 118 Å². The first-order valence-electron chi connectivity index (χ1n) is 5.78. The third-order valence-corrected chi connectivity index (χ3v) is 3.13. The smallest absolute Gasteiger partial charge is 0.275 e. The Morgan fingerprint density at radius 2 is 2.32 bits per heavy atom. The van der Waals surface area contributed by atoms with E-state index in [1.807, 2.05) is 16.9 Å². The van der Waals surface area contributed by atoms with Crippen LogP contribution < -0.4 is 5.32 Å². The van der Waals surface area contributed by atoms with Gasteiger partial charge in [-0.1, -0.05) is 15.9 Å². The molecule has 1 heterocycles. The number of rotatable bonds is 6. The second-order valence-electron chi connectivity index (χ2n) is 3.98. The molecule has 0 bridgehead atoms. The Morgan fingerprint density at radius 3 is 3.00 bits per heavy atom. The molecule has 0 atom stereocenters. The highest BCUT2D eigenvalue weighted by Gasteiger charge is 2.13. The van der Waals surface area contributed by atoms with E-state index in [1.54, 1.807) is 18.3 Å². The Morgan fingerprint density at radius 1 is 1.47 bits per heavy atom. The van der Waals surface area contributed by atoms with Crippen LogP contribution in [0.3, 0.4) is 0 Å². The van der Waals surface area contributed by atoms with Crippen molar-refractivity contribution in [3.63, 3.8) is 0 Å². The van der Waals surface area contributed by atoms with Crippen molar-refractivity contribution < 1.29 is 4.92 Å². The number of hydrogen-bond acceptors (Lipinski definition) is 4. The van der Waals surface area contributed by atoms with E-state index in [4.69, 9.17) is 0 Å². The number of nitro benzene ring substituents is 1. The van der Waals surface area contributed by atoms with E-state index >= 15 is 0 Å². The summed E-state index contributed by atoms with van der Waals surface area (Å²) < 4.78 is 2.52. The van der Waals surface area contributed by atoms with Gasteiger partial charge in [-0.05, 0) is 18.2 Å². The van der Waals surface area contributed by atoms with Gasteiger partial charge in [-0.25, -0.2) is 0 Å². The van der Waals surface area contributed by atoms with Crippen LogP contribution in [0.4, 0.5) is 5.69 Å². The van der Waals surface area contributed by atoms with Crippen LogP contribution in [0, 0.1) is 10.1 Å². The first-order chi connectivity index (χ1) is 9.16. The third kappa shape index (κ3) is 3.87. The van der Waals surface area contributed by atoms with Crippen LogP contribution in [-0.4, -0.2) is 21.2 Å². The number of benzene rings is 1. The Kier molecular flexibility index (Phi) is 4.64. The fourth-order valence-corrected chi connectivity index (χ4v) is 2.05. The molecule has 1 aromatic heterocycles. The number of nitrogens with zero attached hydrogens (tertiary/aromatic N) is 3. The van der Waals surface area contributed by atoms with Crippen molar-refractivity contribution >= 4 is 21.6 Å². The molecule has 19 heavy (non-hydrogen) atoms. The van der Waals surface area contributed by atoms with E-state index < -0.39 is 0 Å². The SMILES string of the molecule is O=[N+]([O-])c1cc(Br)ccc1CNCCn1cccn1. The summed E-state index contributed by atoms with van der Waals surface area (Å²) in [6, 6.07) is 6.94. The summed E-state index contributed by atoms with van der Waals surface area (Å²) in [6.07, 6.45) is 3.60. The van der Waals surface area contributed by atoms with Gasteiger partial charge >= 0.3 is 0 Å². The summed E-state index contributed by atoms with van der Waals surface area (Å²) in [5, 5.41) is 18.2. The molecule has 0 saturated heterocycles. The highest BCUT2D eigenvalue weighted by atomic mass is 79.9. The maximum Gasteiger partial charge on any atom is 0.275 e. The lowest BCUT2D eigenvalue weighted by Crippen LogP contribution is -2.20. The van der Waals surface area contributed by atoms with Crippen LogP contribution in [0.2, 0.25) is 0 Å². The van der Waals surface area contributed by atoms with Crippen molar-refractivity contribution in [1.82, 2.24) is 15.1 Å². The standard InChI is InChI=1S/C12H13BrN4O2/c13-11-3-2-10(12(8-11)17(18)19)9-14-5-7-16-6-1-4-15-16/h1-4,6,8,14H,5,7,9H2. The zero-order chi connectivity index (χ0) is 13.7. The van der Waals surface area contributed by atoms with Gasteiger partial charge in [0.25, 0.3) is 5.69 Å². The second-order valence-corrected chi connectivity index (χ2v) is 4.89. The predicted octanol–water partition coefficient (Wildman–Crippen LogP) is 2.34. The fourth-order valence-electron chi connectivity index (χ4n) is 1.71. The average molecular weight is 325 g/mol. The number of nitrogens with one attached hydrogen (secondary N) is 1. The van der Waals surface area contributed by atoms with E-state index in [1.165, 1.54) is 6.07 Å². The molecule has 0 fully saturated rings. The van der Waals surface area contributed by atoms with E-state index in [9.17, 15) is 10.1 Å². The molecule has 100 valence electrons. The molecule has 0 spiro atoms. The maximum absolute atomic E-state index is 10.9. The third-order valence-electron chi connectivity index (χ3n) is 2.64. The number of halogens is 1. The first kappa shape index (κ1) is 13.7. The molecule has 0 saturated carbocycles. The van der Waals surface area contributed by atoms with Gasteiger partial charge in [-0.15, -0.1) is 0 Å². The topological polar surface area (TPSA) is 73.0 Å². The molecule has 6 nitrogen and oxygen atoms in total. The van der Waals surface area contributed by atoms with Crippen LogP contribution in [0.25, 0.3) is 0 Å². The Hall–Kier alpha value is -1.73. The molecule has 1 aromatic carbocycles. The molecule has 0 radical (unpaired) electrons. The summed E-state index contributed by atoms with van der Waals surface area (Å²) in [7, 11) is 0. The zero-order valence-electron chi connectivity index (χ0n) is 10.1. The van der Waals surface area contributed by atoms with Gasteiger partial charge in [0.05, 0.1) is 11.5 Å². The quantitative estimate of drug-likeness (QED) is 0.503. The molecule has 1 N–H and O–H groups in total. The predicted molar refractivity (Wildman–Crippen MR) is 74.7 cm³/mol. The number of nitro groups is 1. The van der Waals surface area contributed by atoms with Gasteiger partial charge in [0, 0.05) is 41.6 Å². The lowest BCUT2D eigenvalue weighted by Gasteiger charge is -2.06. The van der Waals surface area contributed by atoms with Gasteiger partial charge in [0.2, 0.25) is 0 Å². The molecular weight excluding hydrogens is 312 g/mol. The summed E-state index contributed by atoms with van der Waals surface area (Å²) in [4.78, 5) is 10.6. The van der Waals surface area contributed by atoms with Gasteiger partial charge < -0.3 is 5.32 Å². The normalized spacial score (nSPS) is 10.6. The van der Waals surface area contributed by atoms with E-state index in [2.05, 4.69) is 26.3 Å². The summed E-state index contributed by atoms with van der Waals surface area (Å²) in [5.74, 6) is 0. The van der Waals surface area contributed by atoms with Gasteiger partial charge in [0.15, 0.2) is 0 Å². The minimum absolute atomic E-state index is 0.126. The molecule has 0 unspecified atom stereocenters. The molecule has 7 heteroatoms. The summed E-state index contributed by atoms with van der Waals surface area (Å²) >= 11 is 3.24. The molecule has 2 rings (SSSR count). The van der Waals surface area contributed by atoms with Gasteiger partial charge in [0.1, 0.15) is 0 Å². The largest absolute Gasteiger partial charge is 0.311 e. The summed E-state index contributed by atoms with van der Waals surface area (Å²) in [5.41, 5.74) is 0.801. The van der Waals surface area contributed by atoms with Crippen LogP contribution in [0.15, 0.2) is 41.1 Å². The van der Waals surface area contributed by atoms with Crippen molar-refractivity contribution in [2.45, 2.75) is 13.1 Å². The van der Waals surface area contributed by atoms with Crippen molar-refractivity contribution in [3.05, 3.63) is 56.8 Å². The van der Waals surface area contributed by atoms with Crippen LogP contribution in [-0.2, 0) is 13.1 Å². The van der Waals surface area contributed by atoms with Crippen molar-refractivity contribution in [3.8, 4) is 0 Å². The minimum atomic E-state index is -0.366. The Bertz CT molecular complexity index is 557. The second kappa shape index (κ2) is 6.44.